The van der Waals surface area contributed by atoms with E-state index in [9.17, 15) is 9.59 Å². The number of ketones is 1. The van der Waals surface area contributed by atoms with Gasteiger partial charge < -0.3 is 10.1 Å². The van der Waals surface area contributed by atoms with E-state index in [0.29, 0.717) is 17.6 Å². The van der Waals surface area contributed by atoms with Gasteiger partial charge in [0.15, 0.2) is 17.7 Å². The van der Waals surface area contributed by atoms with Crippen LogP contribution >= 0.6 is 0 Å². The van der Waals surface area contributed by atoms with Crippen molar-refractivity contribution >= 4 is 11.8 Å². The fraction of sp³-hybridized carbons (Fsp3) is 0.353. The van der Waals surface area contributed by atoms with Gasteiger partial charge in [0.25, 0.3) is 0 Å². The lowest BCUT2D eigenvalue weighted by Gasteiger charge is -2.31. The van der Waals surface area contributed by atoms with E-state index < -0.39 is 11.9 Å². The number of H-pyrrole nitrogens is 1. The number of Topliss-reactive ketones (excluding diaryl/α,β-unsaturated/α-hetero) is 1. The highest BCUT2D eigenvalue weighted by atomic mass is 16.5. The lowest BCUT2D eigenvalue weighted by atomic mass is 9.77. The smallest absolute Gasteiger partial charge is 0.336 e. The molecule has 5 nitrogen and oxygen atoms in total. The van der Waals surface area contributed by atoms with Gasteiger partial charge in [0.1, 0.15) is 5.92 Å². The standard InChI is InChI=1S/C17H18N2O3/c1-10-14(17(21)22-2)16(11-6-3-4-9-18-11)15-12(19-10)7-5-8-13(15)20/h3-4,6,9,16,19H,5,7-8H2,1-2H3/p+1. The van der Waals surface area contributed by atoms with Crippen LogP contribution in [0, 0.1) is 0 Å². The van der Waals surface area contributed by atoms with Crippen LogP contribution in [0.15, 0.2) is 46.9 Å². The Morgan fingerprint density at radius 2 is 2.18 bits per heavy atom. The number of dihydropyridines is 1. The highest BCUT2D eigenvalue weighted by molar-refractivity contribution is 6.03. The lowest BCUT2D eigenvalue weighted by molar-refractivity contribution is -0.391. The zero-order chi connectivity index (χ0) is 15.7. The van der Waals surface area contributed by atoms with Gasteiger partial charge in [0.05, 0.1) is 12.7 Å². The monoisotopic (exact) mass is 299 g/mol. The minimum atomic E-state index is -0.405. The molecule has 0 bridgehead atoms. The predicted molar refractivity (Wildman–Crippen MR) is 79.5 cm³/mol. The number of rotatable bonds is 2. The number of pyridine rings is 1. The summed E-state index contributed by atoms with van der Waals surface area (Å²) in [5.74, 6) is -0.695. The van der Waals surface area contributed by atoms with Gasteiger partial charge in [-0.1, -0.05) is 6.07 Å². The summed E-state index contributed by atoms with van der Waals surface area (Å²) in [5, 5.41) is 3.24. The normalized spacial score (nSPS) is 21.4. The molecular weight excluding hydrogens is 280 g/mol. The maximum atomic E-state index is 12.5. The molecule has 2 heterocycles. The fourth-order valence-corrected chi connectivity index (χ4v) is 3.26. The van der Waals surface area contributed by atoms with E-state index in [2.05, 4.69) is 10.3 Å². The molecule has 0 radical (unpaired) electrons. The molecule has 1 aliphatic heterocycles. The quantitative estimate of drug-likeness (QED) is 0.843. The number of aromatic amines is 1. The predicted octanol–water partition coefficient (Wildman–Crippen LogP) is 1.64. The van der Waals surface area contributed by atoms with Crippen molar-refractivity contribution in [3.8, 4) is 0 Å². The van der Waals surface area contributed by atoms with Crippen LogP contribution in [0.4, 0.5) is 0 Å². The Morgan fingerprint density at radius 1 is 1.36 bits per heavy atom. The maximum Gasteiger partial charge on any atom is 0.336 e. The number of ether oxygens (including phenoxy) is 1. The minimum absolute atomic E-state index is 0.102. The van der Waals surface area contributed by atoms with Crippen LogP contribution in [-0.2, 0) is 14.3 Å². The van der Waals surface area contributed by atoms with Crippen LogP contribution < -0.4 is 10.3 Å². The molecule has 114 valence electrons. The molecule has 22 heavy (non-hydrogen) atoms. The van der Waals surface area contributed by atoms with E-state index in [1.807, 2.05) is 25.1 Å². The molecule has 1 aliphatic carbocycles. The Bertz CT molecular complexity index is 689. The summed E-state index contributed by atoms with van der Waals surface area (Å²) in [4.78, 5) is 27.9. The molecule has 2 N–H and O–H groups in total. The van der Waals surface area contributed by atoms with E-state index in [1.54, 1.807) is 6.20 Å². The first-order chi connectivity index (χ1) is 10.6. The summed E-state index contributed by atoms with van der Waals surface area (Å²) >= 11 is 0. The van der Waals surface area contributed by atoms with Crippen LogP contribution in [0.3, 0.4) is 0 Å². The van der Waals surface area contributed by atoms with E-state index in [0.717, 1.165) is 29.9 Å². The molecule has 1 unspecified atom stereocenters. The highest BCUT2D eigenvalue weighted by Gasteiger charge is 2.41. The van der Waals surface area contributed by atoms with Crippen LogP contribution in [0.25, 0.3) is 0 Å². The molecule has 3 rings (SSSR count). The molecule has 0 saturated heterocycles. The molecule has 5 heteroatoms. The van der Waals surface area contributed by atoms with Crippen molar-refractivity contribution in [2.75, 3.05) is 7.11 Å². The summed E-state index contributed by atoms with van der Waals surface area (Å²) < 4.78 is 4.94. The van der Waals surface area contributed by atoms with E-state index in [1.165, 1.54) is 7.11 Å². The molecule has 0 saturated carbocycles. The number of esters is 1. The first-order valence-corrected chi connectivity index (χ1v) is 7.42. The van der Waals surface area contributed by atoms with E-state index in [4.69, 9.17) is 4.74 Å². The minimum Gasteiger partial charge on any atom is -0.466 e. The molecule has 0 aromatic carbocycles. The van der Waals surface area contributed by atoms with E-state index >= 15 is 0 Å². The van der Waals surface area contributed by atoms with Gasteiger partial charge in [-0.05, 0) is 19.8 Å². The third-order valence-corrected chi connectivity index (χ3v) is 4.23. The molecular formula is C17H19N2O3+. The summed E-state index contributed by atoms with van der Waals surface area (Å²) in [5.41, 5.74) is 3.70. The highest BCUT2D eigenvalue weighted by Crippen LogP contribution is 2.40. The molecule has 0 amide bonds. The van der Waals surface area contributed by atoms with Crippen molar-refractivity contribution < 1.29 is 19.3 Å². The van der Waals surface area contributed by atoms with Gasteiger partial charge in [0, 0.05) is 35.5 Å². The zero-order valence-electron chi connectivity index (χ0n) is 12.7. The fourth-order valence-electron chi connectivity index (χ4n) is 3.26. The van der Waals surface area contributed by atoms with Crippen molar-refractivity contribution in [2.45, 2.75) is 32.1 Å². The molecule has 1 aromatic heterocycles. The van der Waals surface area contributed by atoms with Crippen LogP contribution in [0.5, 0.6) is 0 Å². The number of allylic oxidation sites excluding steroid dienone is 3. The second kappa shape index (κ2) is 5.75. The van der Waals surface area contributed by atoms with Crippen LogP contribution in [0.2, 0.25) is 0 Å². The van der Waals surface area contributed by atoms with E-state index in [-0.39, 0.29) is 5.78 Å². The van der Waals surface area contributed by atoms with Gasteiger partial charge in [-0.2, -0.15) is 0 Å². The van der Waals surface area contributed by atoms with Crippen molar-refractivity contribution in [3.05, 3.63) is 52.6 Å². The molecule has 1 aromatic rings. The Hall–Kier alpha value is -2.43. The van der Waals surface area contributed by atoms with Crippen molar-refractivity contribution in [2.24, 2.45) is 0 Å². The van der Waals surface area contributed by atoms with Crippen molar-refractivity contribution in [1.82, 2.24) is 5.32 Å². The third-order valence-electron chi connectivity index (χ3n) is 4.23. The number of nitrogens with one attached hydrogen (secondary N) is 2. The lowest BCUT2D eigenvalue weighted by Crippen LogP contribution is -2.36. The zero-order valence-corrected chi connectivity index (χ0v) is 12.7. The van der Waals surface area contributed by atoms with Gasteiger partial charge in [-0.25, -0.2) is 9.78 Å². The number of aromatic nitrogens is 1. The van der Waals surface area contributed by atoms with Gasteiger partial charge in [-0.15, -0.1) is 0 Å². The molecule has 2 aliphatic rings. The molecule has 0 fully saturated rings. The number of hydrogen-bond acceptors (Lipinski definition) is 4. The van der Waals surface area contributed by atoms with Crippen molar-refractivity contribution in [3.63, 3.8) is 0 Å². The molecule has 1 atom stereocenters. The topological polar surface area (TPSA) is 69.5 Å². The first-order valence-electron chi connectivity index (χ1n) is 7.42. The van der Waals surface area contributed by atoms with Gasteiger partial charge >= 0.3 is 5.97 Å². The number of carbonyl (C=O) groups is 2. The Balaban J connectivity index is 2.18. The van der Waals surface area contributed by atoms with Crippen LogP contribution in [-0.4, -0.2) is 18.9 Å². The second-order valence-corrected chi connectivity index (χ2v) is 5.58. The van der Waals surface area contributed by atoms with Crippen molar-refractivity contribution in [1.29, 1.82) is 0 Å². The third kappa shape index (κ3) is 2.32. The Kier molecular flexibility index (Phi) is 3.79. The summed E-state index contributed by atoms with van der Waals surface area (Å²) in [6.07, 6.45) is 4.00. The number of hydrogen-bond donors (Lipinski definition) is 1. The molecule has 0 spiro atoms. The SMILES string of the molecule is COC(=O)C1=C(C)NC2=C(C(=O)CCC2)C1c1cccc[nH+]1. The summed E-state index contributed by atoms with van der Waals surface area (Å²) in [6.45, 7) is 1.85. The largest absolute Gasteiger partial charge is 0.466 e. The average Bonchev–Trinajstić information content (AvgIpc) is 2.54. The maximum absolute atomic E-state index is 12.5. The second-order valence-electron chi connectivity index (χ2n) is 5.58. The summed E-state index contributed by atoms with van der Waals surface area (Å²) in [7, 11) is 1.36. The Labute approximate surface area is 129 Å². The van der Waals surface area contributed by atoms with Gasteiger partial charge in [0.2, 0.25) is 0 Å². The average molecular weight is 299 g/mol. The summed E-state index contributed by atoms with van der Waals surface area (Å²) in [6, 6.07) is 5.67. The number of carbonyl (C=O) groups excluding carboxylic acids is 2. The first kappa shape index (κ1) is 14.5. The van der Waals surface area contributed by atoms with Crippen LogP contribution in [0.1, 0.15) is 37.8 Å². The number of methoxy groups -OCH3 is 1. The Morgan fingerprint density at radius 3 is 2.86 bits per heavy atom. The van der Waals surface area contributed by atoms with Gasteiger partial charge in [-0.3, -0.25) is 4.79 Å².